The summed E-state index contributed by atoms with van der Waals surface area (Å²) in [6.45, 7) is 0. The molecule has 0 fully saturated rings. The third-order valence-electron chi connectivity index (χ3n) is 1.18. The number of carbonyl (C=O) groups excluding carboxylic acids is 1. The van der Waals surface area contributed by atoms with E-state index < -0.39 is 28.3 Å². The predicted octanol–water partition coefficient (Wildman–Crippen LogP) is 2.89. The average molecular weight is 261 g/mol. The van der Waals surface area contributed by atoms with Gasteiger partial charge in [-0.1, -0.05) is 0 Å². The Morgan fingerprint density at radius 2 is 2.07 bits per heavy atom. The Kier molecular flexibility index (Phi) is 3.35. The predicted molar refractivity (Wildman–Crippen MR) is 43.9 cm³/mol. The molecule has 1 aromatic rings. The maximum absolute atomic E-state index is 12.3. The van der Waals surface area contributed by atoms with Gasteiger partial charge in [0.25, 0.3) is 0 Å². The highest BCUT2D eigenvalue weighted by molar-refractivity contribution is 6.61. The lowest BCUT2D eigenvalue weighted by molar-refractivity contribution is -0.142. The molecule has 0 N–H and O–H groups in total. The molecule has 0 amide bonds. The van der Waals surface area contributed by atoms with Crippen molar-refractivity contribution >= 4 is 28.6 Å². The van der Waals surface area contributed by atoms with Crippen LogP contribution in [0.5, 0.6) is 5.75 Å². The van der Waals surface area contributed by atoms with Gasteiger partial charge in [0.1, 0.15) is 0 Å². The number of aromatic nitrogens is 2. The van der Waals surface area contributed by atoms with E-state index in [4.69, 9.17) is 23.2 Å². The fraction of sp³-hybridized carbons (Fsp3) is 0.167. The molecule has 0 bridgehead atoms. The summed E-state index contributed by atoms with van der Waals surface area (Å²) in [6.07, 6.45) is -4.20. The molecular formula is C6HCl2F3N2O2. The van der Waals surface area contributed by atoms with Crippen molar-refractivity contribution in [1.29, 1.82) is 0 Å². The molecule has 1 rings (SSSR count). The van der Waals surface area contributed by atoms with Crippen LogP contribution in [0.3, 0.4) is 0 Å². The molecular weight excluding hydrogens is 260 g/mol. The molecule has 0 saturated carbocycles. The number of hydrogen-bond donors (Lipinski definition) is 0. The van der Waals surface area contributed by atoms with Crippen molar-refractivity contribution < 1.29 is 22.7 Å². The lowest BCUT2D eigenvalue weighted by atomic mass is 10.4. The zero-order valence-electron chi connectivity index (χ0n) is 6.68. The Balaban J connectivity index is 3.20. The van der Waals surface area contributed by atoms with Gasteiger partial charge in [0.15, 0.2) is 11.4 Å². The first-order chi connectivity index (χ1) is 6.80. The highest BCUT2D eigenvalue weighted by Crippen LogP contribution is 2.34. The Bertz CT molecular complexity index is 396. The number of rotatable bonds is 1. The number of halogens is 5. The minimum absolute atomic E-state index is 0.610. The van der Waals surface area contributed by atoms with Crippen LogP contribution in [0.1, 0.15) is 5.69 Å². The standard InChI is InChI=1S/C6HCl2F3N2O2/c7-4-12-1-2(15-5(8)14)3(13-4)6(9,10)11/h1H. The van der Waals surface area contributed by atoms with E-state index in [0.717, 1.165) is 0 Å². The monoisotopic (exact) mass is 260 g/mol. The summed E-state index contributed by atoms with van der Waals surface area (Å²) < 4.78 is 40.9. The second-order valence-electron chi connectivity index (χ2n) is 2.19. The Morgan fingerprint density at radius 3 is 2.53 bits per heavy atom. The minimum atomic E-state index is -4.81. The quantitative estimate of drug-likeness (QED) is 0.576. The number of ether oxygens (including phenoxy) is 1. The summed E-state index contributed by atoms with van der Waals surface area (Å²) in [5, 5.41) is -0.614. The number of carbonyl (C=O) groups is 1. The van der Waals surface area contributed by atoms with Crippen LogP contribution < -0.4 is 4.74 Å². The van der Waals surface area contributed by atoms with Crippen LogP contribution in [0.2, 0.25) is 5.28 Å². The van der Waals surface area contributed by atoms with Gasteiger partial charge in [-0.05, 0) is 11.6 Å². The summed E-state index contributed by atoms with van der Waals surface area (Å²) in [7, 11) is 0. The summed E-state index contributed by atoms with van der Waals surface area (Å²) in [6, 6.07) is 0. The molecule has 0 aromatic carbocycles. The summed E-state index contributed by atoms with van der Waals surface area (Å²) in [5.41, 5.74) is -2.89. The van der Waals surface area contributed by atoms with Crippen molar-refractivity contribution in [2.75, 3.05) is 0 Å². The molecule has 0 aliphatic rings. The number of hydrogen-bond acceptors (Lipinski definition) is 4. The van der Waals surface area contributed by atoms with Crippen LogP contribution in [-0.4, -0.2) is 15.4 Å². The van der Waals surface area contributed by atoms with Crippen LogP contribution in [-0.2, 0) is 6.18 Å². The van der Waals surface area contributed by atoms with Gasteiger partial charge < -0.3 is 4.74 Å². The molecule has 82 valence electrons. The smallest absolute Gasteiger partial charge is 0.410 e. The summed E-state index contributed by atoms with van der Waals surface area (Å²) in [4.78, 5) is 16.4. The SMILES string of the molecule is O=C(Cl)Oc1cnc(Cl)nc1C(F)(F)F. The normalized spacial score (nSPS) is 11.3. The van der Waals surface area contributed by atoms with E-state index in [1.807, 2.05) is 0 Å². The van der Waals surface area contributed by atoms with Gasteiger partial charge in [-0.25, -0.2) is 14.8 Å². The van der Waals surface area contributed by atoms with E-state index in [1.165, 1.54) is 0 Å². The number of alkyl halides is 3. The third kappa shape index (κ3) is 3.21. The second kappa shape index (κ2) is 4.19. The average Bonchev–Trinajstić information content (AvgIpc) is 2.05. The third-order valence-corrected chi connectivity index (χ3v) is 1.44. The molecule has 0 aliphatic heterocycles. The second-order valence-corrected chi connectivity index (χ2v) is 2.84. The summed E-state index contributed by atoms with van der Waals surface area (Å²) in [5.74, 6) is -0.896. The van der Waals surface area contributed by atoms with Crippen LogP contribution >= 0.6 is 23.2 Å². The van der Waals surface area contributed by atoms with E-state index in [9.17, 15) is 18.0 Å². The van der Waals surface area contributed by atoms with E-state index >= 15 is 0 Å². The largest absolute Gasteiger partial charge is 0.437 e. The van der Waals surface area contributed by atoms with Crippen molar-refractivity contribution in [3.63, 3.8) is 0 Å². The Morgan fingerprint density at radius 1 is 1.47 bits per heavy atom. The van der Waals surface area contributed by atoms with Crippen molar-refractivity contribution in [2.45, 2.75) is 6.18 Å². The molecule has 1 aromatic heterocycles. The topological polar surface area (TPSA) is 52.1 Å². The van der Waals surface area contributed by atoms with Gasteiger partial charge >= 0.3 is 11.6 Å². The fourth-order valence-electron chi connectivity index (χ4n) is 0.713. The van der Waals surface area contributed by atoms with Gasteiger partial charge in [-0.2, -0.15) is 13.2 Å². The van der Waals surface area contributed by atoms with Gasteiger partial charge in [-0.15, -0.1) is 0 Å². The van der Waals surface area contributed by atoms with Gasteiger partial charge in [0.2, 0.25) is 5.28 Å². The first-order valence-electron chi connectivity index (χ1n) is 3.27. The highest BCUT2D eigenvalue weighted by atomic mass is 35.5. The molecule has 1 heterocycles. The molecule has 0 saturated heterocycles. The zero-order valence-corrected chi connectivity index (χ0v) is 8.19. The van der Waals surface area contributed by atoms with E-state index in [-0.39, 0.29) is 0 Å². The zero-order chi connectivity index (χ0) is 11.6. The van der Waals surface area contributed by atoms with Crippen LogP contribution in [0.4, 0.5) is 18.0 Å². The molecule has 9 heteroatoms. The van der Waals surface area contributed by atoms with Crippen molar-refractivity contribution in [3.8, 4) is 5.75 Å². The van der Waals surface area contributed by atoms with E-state index in [0.29, 0.717) is 6.20 Å². The maximum Gasteiger partial charge on any atom is 0.437 e. The Labute approximate surface area is 91.0 Å². The van der Waals surface area contributed by atoms with Gasteiger partial charge in [-0.3, -0.25) is 0 Å². The van der Waals surface area contributed by atoms with E-state index in [1.54, 1.807) is 0 Å². The lowest BCUT2D eigenvalue weighted by Gasteiger charge is -2.09. The Hall–Kier alpha value is -1.08. The maximum atomic E-state index is 12.3. The first kappa shape index (κ1) is 12.0. The van der Waals surface area contributed by atoms with Crippen molar-refractivity contribution in [1.82, 2.24) is 9.97 Å². The lowest BCUT2D eigenvalue weighted by Crippen LogP contribution is -2.13. The van der Waals surface area contributed by atoms with Gasteiger partial charge in [0.05, 0.1) is 6.20 Å². The molecule has 0 aliphatic carbocycles. The van der Waals surface area contributed by atoms with Crippen LogP contribution in [0, 0.1) is 0 Å². The number of nitrogens with zero attached hydrogens (tertiary/aromatic N) is 2. The molecule has 15 heavy (non-hydrogen) atoms. The van der Waals surface area contributed by atoms with E-state index in [2.05, 4.69) is 14.7 Å². The minimum Gasteiger partial charge on any atom is -0.410 e. The molecule has 4 nitrogen and oxygen atoms in total. The molecule has 0 spiro atoms. The molecule has 0 unspecified atom stereocenters. The van der Waals surface area contributed by atoms with Gasteiger partial charge in [0, 0.05) is 11.6 Å². The van der Waals surface area contributed by atoms with Crippen molar-refractivity contribution in [2.24, 2.45) is 0 Å². The van der Waals surface area contributed by atoms with Crippen LogP contribution in [0.15, 0.2) is 6.20 Å². The highest BCUT2D eigenvalue weighted by Gasteiger charge is 2.37. The molecule has 0 radical (unpaired) electrons. The van der Waals surface area contributed by atoms with Crippen LogP contribution in [0.25, 0.3) is 0 Å². The fourth-order valence-corrected chi connectivity index (χ4v) is 0.930. The summed E-state index contributed by atoms with van der Waals surface area (Å²) >= 11 is 9.92. The first-order valence-corrected chi connectivity index (χ1v) is 4.03. The molecule has 0 atom stereocenters. The van der Waals surface area contributed by atoms with Crippen molar-refractivity contribution in [3.05, 3.63) is 17.2 Å².